The van der Waals surface area contributed by atoms with Crippen LogP contribution in [0.4, 0.5) is 5.69 Å². The van der Waals surface area contributed by atoms with Gasteiger partial charge in [0, 0.05) is 38.3 Å². The number of carbonyl (C=O) groups is 2. The average Bonchev–Trinajstić information content (AvgIpc) is 3.02. The summed E-state index contributed by atoms with van der Waals surface area (Å²) in [5.74, 6) is 0.372. The Kier molecular flexibility index (Phi) is 6.44. The second kappa shape index (κ2) is 9.03. The molecule has 9 heteroatoms. The molecule has 2 heterocycles. The van der Waals surface area contributed by atoms with E-state index in [0.717, 1.165) is 17.0 Å². The van der Waals surface area contributed by atoms with E-state index >= 15 is 0 Å². The summed E-state index contributed by atoms with van der Waals surface area (Å²) in [7, 11) is -0.422. The summed E-state index contributed by atoms with van der Waals surface area (Å²) in [5, 5.41) is 2.95. The number of carbonyl (C=O) groups excluding carboxylic acids is 2. The molecule has 0 atom stereocenters. The van der Waals surface area contributed by atoms with Gasteiger partial charge in [-0.2, -0.15) is 4.31 Å². The molecule has 182 valence electrons. The summed E-state index contributed by atoms with van der Waals surface area (Å²) in [6.07, 6.45) is 0.918. The van der Waals surface area contributed by atoms with Crippen molar-refractivity contribution in [3.63, 3.8) is 0 Å². The number of amides is 2. The van der Waals surface area contributed by atoms with Gasteiger partial charge in [-0.15, -0.1) is 0 Å². The zero-order valence-electron chi connectivity index (χ0n) is 20.0. The topological polar surface area (TPSA) is 96.0 Å². The van der Waals surface area contributed by atoms with Gasteiger partial charge < -0.3 is 15.0 Å². The van der Waals surface area contributed by atoms with Gasteiger partial charge in [-0.1, -0.05) is 12.1 Å². The Morgan fingerprint density at radius 2 is 1.85 bits per heavy atom. The molecular weight excluding hydrogens is 454 g/mol. The third-order valence-electron chi connectivity index (χ3n) is 6.91. The third-order valence-corrected chi connectivity index (χ3v) is 8.80. The molecular formula is C25H31N3O5S. The van der Waals surface area contributed by atoms with Crippen LogP contribution in [0.5, 0.6) is 5.75 Å². The lowest BCUT2D eigenvalue weighted by molar-refractivity contribution is -0.126. The van der Waals surface area contributed by atoms with Gasteiger partial charge in [0.25, 0.3) is 0 Å². The molecule has 1 N–H and O–H groups in total. The fourth-order valence-electron chi connectivity index (χ4n) is 4.74. The van der Waals surface area contributed by atoms with E-state index in [-0.39, 0.29) is 35.7 Å². The van der Waals surface area contributed by atoms with Crippen LogP contribution in [0, 0.1) is 5.92 Å². The quantitative estimate of drug-likeness (QED) is 0.679. The van der Waals surface area contributed by atoms with Crippen LogP contribution < -0.4 is 15.0 Å². The van der Waals surface area contributed by atoms with Crippen molar-refractivity contribution in [2.75, 3.05) is 32.1 Å². The highest BCUT2D eigenvalue weighted by molar-refractivity contribution is 7.89. The second-order valence-electron chi connectivity index (χ2n) is 9.42. The molecule has 1 saturated heterocycles. The Bertz CT molecular complexity index is 1220. The normalized spacial score (nSPS) is 18.6. The lowest BCUT2D eigenvalue weighted by Crippen LogP contribution is -2.42. The van der Waals surface area contributed by atoms with Crippen LogP contribution in [-0.4, -0.2) is 51.8 Å². The maximum Gasteiger partial charge on any atom is 0.243 e. The number of hydrogen-bond donors (Lipinski definition) is 1. The molecule has 2 aliphatic heterocycles. The highest BCUT2D eigenvalue weighted by Gasteiger charge is 2.43. The van der Waals surface area contributed by atoms with Gasteiger partial charge >= 0.3 is 0 Å². The van der Waals surface area contributed by atoms with Crippen LogP contribution in [0.3, 0.4) is 0 Å². The number of anilines is 1. The number of nitrogens with one attached hydrogen (secondary N) is 1. The van der Waals surface area contributed by atoms with Crippen molar-refractivity contribution in [1.29, 1.82) is 0 Å². The van der Waals surface area contributed by atoms with E-state index in [0.29, 0.717) is 24.9 Å². The summed E-state index contributed by atoms with van der Waals surface area (Å²) in [5.41, 5.74) is 1.62. The number of ether oxygens (including phenoxy) is 1. The molecule has 0 aromatic heterocycles. The second-order valence-corrected chi connectivity index (χ2v) is 11.4. The van der Waals surface area contributed by atoms with Crippen molar-refractivity contribution in [1.82, 2.24) is 9.62 Å². The molecule has 0 saturated carbocycles. The molecule has 2 aromatic carbocycles. The lowest BCUT2D eigenvalue weighted by Gasteiger charge is -2.30. The van der Waals surface area contributed by atoms with Crippen LogP contribution in [0.2, 0.25) is 0 Å². The monoisotopic (exact) mass is 485 g/mol. The number of likely N-dealkylation sites (N-methyl/N-ethyl adjacent to an activating group) is 1. The Morgan fingerprint density at radius 3 is 2.53 bits per heavy atom. The first-order valence-corrected chi connectivity index (χ1v) is 12.8. The Hall–Kier alpha value is -2.91. The molecule has 0 radical (unpaired) electrons. The highest BCUT2D eigenvalue weighted by Crippen LogP contribution is 2.42. The zero-order valence-corrected chi connectivity index (χ0v) is 20.8. The zero-order chi connectivity index (χ0) is 24.7. The van der Waals surface area contributed by atoms with Gasteiger partial charge in [-0.25, -0.2) is 8.42 Å². The number of hydrogen-bond acceptors (Lipinski definition) is 5. The molecule has 1 fully saturated rings. The number of piperidine rings is 1. The molecule has 2 amide bonds. The molecule has 0 unspecified atom stereocenters. The molecule has 2 aromatic rings. The fourth-order valence-corrected chi connectivity index (χ4v) is 6.23. The predicted molar refractivity (Wildman–Crippen MR) is 129 cm³/mol. The molecule has 0 spiro atoms. The maximum atomic E-state index is 13.3. The number of benzene rings is 2. The Morgan fingerprint density at radius 1 is 1.15 bits per heavy atom. The summed E-state index contributed by atoms with van der Waals surface area (Å²) < 4.78 is 33.3. The van der Waals surface area contributed by atoms with Gasteiger partial charge in [-0.3, -0.25) is 9.59 Å². The van der Waals surface area contributed by atoms with Gasteiger partial charge in [0.15, 0.2) is 0 Å². The van der Waals surface area contributed by atoms with E-state index in [9.17, 15) is 18.0 Å². The molecule has 8 nitrogen and oxygen atoms in total. The molecule has 2 aliphatic rings. The van der Waals surface area contributed by atoms with Crippen LogP contribution >= 0.6 is 0 Å². The first kappa shape index (κ1) is 24.2. The number of sulfonamides is 1. The number of fused-ring (bicyclic) bond motifs is 1. The largest absolute Gasteiger partial charge is 0.497 e. The minimum Gasteiger partial charge on any atom is -0.497 e. The van der Waals surface area contributed by atoms with E-state index in [2.05, 4.69) is 5.32 Å². The Labute approximate surface area is 200 Å². The van der Waals surface area contributed by atoms with Crippen molar-refractivity contribution in [3.05, 3.63) is 53.6 Å². The van der Waals surface area contributed by atoms with E-state index < -0.39 is 15.4 Å². The van der Waals surface area contributed by atoms with Gasteiger partial charge in [-0.05, 0) is 68.1 Å². The highest BCUT2D eigenvalue weighted by atomic mass is 32.2. The third kappa shape index (κ3) is 4.30. The molecule has 34 heavy (non-hydrogen) atoms. The fraction of sp³-hybridized carbons (Fsp3) is 0.440. The average molecular weight is 486 g/mol. The van der Waals surface area contributed by atoms with Gasteiger partial charge in [0.1, 0.15) is 5.75 Å². The van der Waals surface area contributed by atoms with Crippen molar-refractivity contribution in [2.24, 2.45) is 5.92 Å². The minimum atomic E-state index is -3.72. The van der Waals surface area contributed by atoms with Crippen LogP contribution in [0.1, 0.15) is 37.8 Å². The van der Waals surface area contributed by atoms with E-state index in [1.54, 1.807) is 37.3 Å². The standard InChI is InChI=1S/C25H31N3O5S/c1-25(2)21-15-20(8-9-22(21)27(3)24(25)30)34(31,32)28-12-10-18(11-13-28)23(29)26-16-17-6-5-7-19(14-17)33-4/h5-9,14-15,18H,10-13,16H2,1-4H3,(H,26,29). The van der Waals surface area contributed by atoms with Crippen molar-refractivity contribution in [2.45, 2.75) is 43.5 Å². The number of rotatable bonds is 6. The predicted octanol–water partition coefficient (Wildman–Crippen LogP) is 2.67. The minimum absolute atomic E-state index is 0.0576. The number of nitrogens with zero attached hydrogens (tertiary/aromatic N) is 2. The van der Waals surface area contributed by atoms with Gasteiger partial charge in [0.05, 0.1) is 17.4 Å². The van der Waals surface area contributed by atoms with E-state index in [4.69, 9.17) is 4.74 Å². The SMILES string of the molecule is COc1cccc(CNC(=O)C2CCN(S(=O)(=O)c3ccc4c(c3)C(C)(C)C(=O)N4C)CC2)c1. The molecule has 0 aliphatic carbocycles. The van der Waals surface area contributed by atoms with Crippen molar-refractivity contribution in [3.8, 4) is 5.75 Å². The van der Waals surface area contributed by atoms with Crippen LogP contribution in [0.15, 0.2) is 47.4 Å². The summed E-state index contributed by atoms with van der Waals surface area (Å²) in [4.78, 5) is 27.0. The maximum absolute atomic E-state index is 13.3. The molecule has 0 bridgehead atoms. The van der Waals surface area contributed by atoms with Crippen LogP contribution in [-0.2, 0) is 31.6 Å². The van der Waals surface area contributed by atoms with E-state index in [1.165, 1.54) is 4.31 Å². The summed E-state index contributed by atoms with van der Waals surface area (Å²) >= 11 is 0. The first-order chi connectivity index (χ1) is 16.1. The number of methoxy groups -OCH3 is 1. The first-order valence-electron chi connectivity index (χ1n) is 11.4. The summed E-state index contributed by atoms with van der Waals surface area (Å²) in [6, 6.07) is 12.4. The van der Waals surface area contributed by atoms with Crippen molar-refractivity contribution >= 4 is 27.5 Å². The van der Waals surface area contributed by atoms with E-state index in [1.807, 2.05) is 38.1 Å². The smallest absolute Gasteiger partial charge is 0.243 e. The lowest BCUT2D eigenvalue weighted by atomic mass is 9.86. The van der Waals surface area contributed by atoms with Crippen molar-refractivity contribution < 1.29 is 22.7 Å². The Balaban J connectivity index is 1.40. The van der Waals surface area contributed by atoms with Gasteiger partial charge in [0.2, 0.25) is 21.8 Å². The molecule has 4 rings (SSSR count). The van der Waals surface area contributed by atoms with Crippen LogP contribution in [0.25, 0.3) is 0 Å². The summed E-state index contributed by atoms with van der Waals surface area (Å²) in [6.45, 7) is 4.57.